The summed E-state index contributed by atoms with van der Waals surface area (Å²) in [6.45, 7) is 3.53. The van der Waals surface area contributed by atoms with Gasteiger partial charge in [-0.2, -0.15) is 0 Å². The summed E-state index contributed by atoms with van der Waals surface area (Å²) in [6.07, 6.45) is -0.686. The van der Waals surface area contributed by atoms with Gasteiger partial charge in [0, 0.05) is 0 Å². The van der Waals surface area contributed by atoms with E-state index < -0.39 is 17.6 Å². The first-order valence-electron chi connectivity index (χ1n) is 5.63. The number of methoxy groups -OCH3 is 1. The molecule has 1 N–H and O–H groups in total. The maximum absolute atomic E-state index is 12.0. The molecular weight excluding hydrogens is 234 g/mol. The molecule has 1 atom stereocenters. The predicted octanol–water partition coefficient (Wildman–Crippen LogP) is 1.82. The van der Waals surface area contributed by atoms with Gasteiger partial charge in [0.2, 0.25) is 0 Å². The number of alkyl carbamates (subject to hydrolysis) is 1. The van der Waals surface area contributed by atoms with Crippen molar-refractivity contribution in [3.05, 3.63) is 35.9 Å². The minimum absolute atomic E-state index is 0.240. The first-order valence-corrected chi connectivity index (χ1v) is 5.63. The van der Waals surface area contributed by atoms with Crippen LogP contribution in [0.2, 0.25) is 0 Å². The lowest BCUT2D eigenvalue weighted by Crippen LogP contribution is -2.50. The van der Waals surface area contributed by atoms with Crippen molar-refractivity contribution in [1.82, 2.24) is 5.32 Å². The molecular formula is C13H17NO4. The molecule has 0 radical (unpaired) electrons. The van der Waals surface area contributed by atoms with E-state index in [1.807, 2.05) is 6.07 Å². The number of ether oxygens (including phenoxy) is 2. The van der Waals surface area contributed by atoms with E-state index in [1.54, 1.807) is 38.1 Å². The number of benzene rings is 1. The summed E-state index contributed by atoms with van der Waals surface area (Å²) in [5.41, 5.74) is -0.626. The number of esters is 1. The maximum atomic E-state index is 12.0. The highest BCUT2D eigenvalue weighted by molar-refractivity contribution is 5.86. The van der Waals surface area contributed by atoms with Crippen LogP contribution in [0.25, 0.3) is 0 Å². The van der Waals surface area contributed by atoms with E-state index in [2.05, 4.69) is 10.1 Å². The van der Waals surface area contributed by atoms with Crippen LogP contribution >= 0.6 is 0 Å². The lowest BCUT2D eigenvalue weighted by atomic mass is 9.92. The molecule has 1 rings (SSSR count). The number of hydrogen-bond donors (Lipinski definition) is 1. The Morgan fingerprint density at radius 1 is 1.28 bits per heavy atom. The third kappa shape index (κ3) is 3.00. The van der Waals surface area contributed by atoms with Crippen LogP contribution in [0.1, 0.15) is 19.4 Å². The molecule has 5 nitrogen and oxygen atoms in total. The number of rotatable bonds is 4. The van der Waals surface area contributed by atoms with Gasteiger partial charge in [-0.3, -0.25) is 0 Å². The molecule has 5 heteroatoms. The summed E-state index contributed by atoms with van der Waals surface area (Å²) >= 11 is 0. The average Bonchev–Trinajstić information content (AvgIpc) is 2.39. The van der Waals surface area contributed by atoms with Crippen LogP contribution < -0.4 is 5.32 Å². The fraction of sp³-hybridized carbons (Fsp3) is 0.385. The van der Waals surface area contributed by atoms with Crippen molar-refractivity contribution in [2.75, 3.05) is 13.7 Å². The topological polar surface area (TPSA) is 64.6 Å². The standard InChI is InChI=1S/C13H17NO4/c1-4-18-11(15)13(2,14-12(16)17-3)10-8-6-5-7-9-10/h5-9H,4H2,1-3H3,(H,14,16). The third-order valence-electron chi connectivity index (χ3n) is 2.57. The quantitative estimate of drug-likeness (QED) is 0.829. The SMILES string of the molecule is CCOC(=O)C(C)(NC(=O)OC)c1ccccc1. The molecule has 0 aliphatic carbocycles. The van der Waals surface area contributed by atoms with Crippen LogP contribution in [0.3, 0.4) is 0 Å². The summed E-state index contributed by atoms with van der Waals surface area (Å²) in [6, 6.07) is 8.88. The van der Waals surface area contributed by atoms with E-state index in [-0.39, 0.29) is 6.61 Å². The van der Waals surface area contributed by atoms with Crippen molar-refractivity contribution in [3.63, 3.8) is 0 Å². The van der Waals surface area contributed by atoms with Crippen molar-refractivity contribution < 1.29 is 19.1 Å². The zero-order valence-electron chi connectivity index (χ0n) is 10.7. The van der Waals surface area contributed by atoms with Crippen LogP contribution in [0.4, 0.5) is 4.79 Å². The molecule has 1 amide bonds. The predicted molar refractivity (Wildman–Crippen MR) is 66.0 cm³/mol. The Morgan fingerprint density at radius 3 is 2.39 bits per heavy atom. The molecule has 0 bridgehead atoms. The number of carbonyl (C=O) groups is 2. The monoisotopic (exact) mass is 251 g/mol. The highest BCUT2D eigenvalue weighted by Gasteiger charge is 2.38. The van der Waals surface area contributed by atoms with Crippen LogP contribution in [0.5, 0.6) is 0 Å². The molecule has 0 saturated carbocycles. The third-order valence-corrected chi connectivity index (χ3v) is 2.57. The molecule has 0 fully saturated rings. The minimum Gasteiger partial charge on any atom is -0.464 e. The number of carbonyl (C=O) groups excluding carboxylic acids is 2. The summed E-state index contributed by atoms with van der Waals surface area (Å²) in [7, 11) is 1.24. The molecule has 0 aromatic heterocycles. The molecule has 98 valence electrons. The van der Waals surface area contributed by atoms with Gasteiger partial charge < -0.3 is 14.8 Å². The zero-order chi connectivity index (χ0) is 13.6. The van der Waals surface area contributed by atoms with Crippen molar-refractivity contribution in [2.45, 2.75) is 19.4 Å². The fourth-order valence-corrected chi connectivity index (χ4v) is 1.54. The lowest BCUT2D eigenvalue weighted by molar-refractivity contribution is -0.150. The molecule has 18 heavy (non-hydrogen) atoms. The normalized spacial score (nSPS) is 13.3. The molecule has 0 saturated heterocycles. The Labute approximate surface area is 106 Å². The smallest absolute Gasteiger partial charge is 0.408 e. The van der Waals surface area contributed by atoms with E-state index >= 15 is 0 Å². The highest BCUT2D eigenvalue weighted by atomic mass is 16.5. The Morgan fingerprint density at radius 2 is 1.89 bits per heavy atom. The van der Waals surface area contributed by atoms with Crippen LogP contribution in [0.15, 0.2) is 30.3 Å². The summed E-state index contributed by atoms with van der Waals surface area (Å²) < 4.78 is 9.54. The van der Waals surface area contributed by atoms with Crippen molar-refractivity contribution in [1.29, 1.82) is 0 Å². The molecule has 1 aromatic rings. The number of amides is 1. The van der Waals surface area contributed by atoms with Crippen molar-refractivity contribution in [2.24, 2.45) is 0 Å². The van der Waals surface area contributed by atoms with Gasteiger partial charge in [0.1, 0.15) is 0 Å². The van der Waals surface area contributed by atoms with Gasteiger partial charge >= 0.3 is 12.1 Å². The van der Waals surface area contributed by atoms with E-state index in [1.165, 1.54) is 7.11 Å². The molecule has 1 unspecified atom stereocenters. The second-order valence-electron chi connectivity index (χ2n) is 3.83. The first kappa shape index (κ1) is 14.0. The van der Waals surface area contributed by atoms with Gasteiger partial charge in [-0.25, -0.2) is 9.59 Å². The summed E-state index contributed by atoms with van der Waals surface area (Å²) in [4.78, 5) is 23.4. The Hall–Kier alpha value is -2.04. The van der Waals surface area contributed by atoms with E-state index in [0.29, 0.717) is 5.56 Å². The van der Waals surface area contributed by atoms with E-state index in [4.69, 9.17) is 4.74 Å². The lowest BCUT2D eigenvalue weighted by Gasteiger charge is -2.28. The Kier molecular flexibility index (Phi) is 4.71. The second kappa shape index (κ2) is 6.05. The van der Waals surface area contributed by atoms with Gasteiger partial charge in [-0.1, -0.05) is 30.3 Å². The Balaban J connectivity index is 3.08. The molecule has 0 aliphatic heterocycles. The van der Waals surface area contributed by atoms with E-state index in [9.17, 15) is 9.59 Å². The molecule has 1 aromatic carbocycles. The maximum Gasteiger partial charge on any atom is 0.408 e. The molecule has 0 aliphatic rings. The number of nitrogens with one attached hydrogen (secondary N) is 1. The summed E-state index contributed by atoms with van der Waals surface area (Å²) in [5.74, 6) is -0.526. The highest BCUT2D eigenvalue weighted by Crippen LogP contribution is 2.22. The minimum atomic E-state index is -1.26. The van der Waals surface area contributed by atoms with Gasteiger partial charge in [-0.05, 0) is 19.4 Å². The first-order chi connectivity index (χ1) is 8.54. The average molecular weight is 251 g/mol. The van der Waals surface area contributed by atoms with Crippen molar-refractivity contribution in [3.8, 4) is 0 Å². The fourth-order valence-electron chi connectivity index (χ4n) is 1.54. The number of hydrogen-bond acceptors (Lipinski definition) is 4. The molecule has 0 spiro atoms. The van der Waals surface area contributed by atoms with Gasteiger partial charge in [0.25, 0.3) is 0 Å². The molecule has 0 heterocycles. The zero-order valence-corrected chi connectivity index (χ0v) is 10.7. The second-order valence-corrected chi connectivity index (χ2v) is 3.83. The van der Waals surface area contributed by atoms with E-state index in [0.717, 1.165) is 0 Å². The van der Waals surface area contributed by atoms with Gasteiger partial charge in [0.05, 0.1) is 13.7 Å². The van der Waals surface area contributed by atoms with Crippen LogP contribution in [-0.4, -0.2) is 25.8 Å². The summed E-state index contributed by atoms with van der Waals surface area (Å²) in [5, 5.41) is 2.51. The van der Waals surface area contributed by atoms with Gasteiger partial charge in [0.15, 0.2) is 5.54 Å². The van der Waals surface area contributed by atoms with Crippen molar-refractivity contribution >= 4 is 12.1 Å². The van der Waals surface area contributed by atoms with Crippen LogP contribution in [0, 0.1) is 0 Å². The Bertz CT molecular complexity index is 418. The van der Waals surface area contributed by atoms with Crippen LogP contribution in [-0.2, 0) is 19.8 Å². The van der Waals surface area contributed by atoms with Gasteiger partial charge in [-0.15, -0.1) is 0 Å². The largest absolute Gasteiger partial charge is 0.464 e.